The summed E-state index contributed by atoms with van der Waals surface area (Å²) in [5.41, 5.74) is -0.623. The minimum Gasteiger partial charge on any atom is -0.378 e. The number of rotatable bonds is 6. The van der Waals surface area contributed by atoms with Crippen molar-refractivity contribution in [3.63, 3.8) is 0 Å². The van der Waals surface area contributed by atoms with Crippen LogP contribution in [0.25, 0.3) is 0 Å². The number of aliphatic hydroxyl groups is 1. The minimum atomic E-state index is -0.623. The molecule has 0 aromatic carbocycles. The molecule has 10 heavy (non-hydrogen) atoms. The molecule has 0 aliphatic heterocycles. The number of unbranched alkanes of at least 4 members (excludes halogenated alkanes) is 4. The molecule has 0 amide bonds. The van der Waals surface area contributed by atoms with Gasteiger partial charge in [0.1, 0.15) is 5.56 Å². The Kier molecular flexibility index (Phi) is 7.54. The van der Waals surface area contributed by atoms with Gasteiger partial charge in [0.25, 0.3) is 0 Å². The Morgan fingerprint density at radius 2 is 1.80 bits per heavy atom. The van der Waals surface area contributed by atoms with Crippen LogP contribution in [0.1, 0.15) is 45.4 Å². The summed E-state index contributed by atoms with van der Waals surface area (Å²) in [6.07, 6.45) is 6.86. The molecule has 0 aliphatic carbocycles. The quantitative estimate of drug-likeness (QED) is 0.473. The molecule has 0 aromatic heterocycles. The highest BCUT2D eigenvalue weighted by molar-refractivity contribution is 6.19. The van der Waals surface area contributed by atoms with E-state index in [1.54, 1.807) is 0 Å². The van der Waals surface area contributed by atoms with Gasteiger partial charge in [-0.05, 0) is 12.8 Å². The van der Waals surface area contributed by atoms with E-state index < -0.39 is 5.56 Å². The van der Waals surface area contributed by atoms with Gasteiger partial charge in [-0.15, -0.1) is 0 Å². The molecule has 2 heteroatoms. The van der Waals surface area contributed by atoms with E-state index in [1.165, 1.54) is 25.7 Å². The zero-order chi connectivity index (χ0) is 7.82. The third-order valence-corrected chi connectivity index (χ3v) is 1.76. The van der Waals surface area contributed by atoms with Crippen molar-refractivity contribution in [1.29, 1.82) is 0 Å². The summed E-state index contributed by atoms with van der Waals surface area (Å²) in [5, 5.41) is 8.67. The Labute approximate surface area is 68.4 Å². The summed E-state index contributed by atoms with van der Waals surface area (Å²) >= 11 is 5.35. The van der Waals surface area contributed by atoms with Crippen molar-refractivity contribution in [2.45, 2.75) is 51.0 Å². The summed E-state index contributed by atoms with van der Waals surface area (Å²) in [5.74, 6) is 0. The fraction of sp³-hybridized carbons (Fsp3) is 1.00. The van der Waals surface area contributed by atoms with Gasteiger partial charge in [0.05, 0.1) is 0 Å². The lowest BCUT2D eigenvalue weighted by atomic mass is 10.1. The number of alkyl halides is 1. The zero-order valence-corrected chi connectivity index (χ0v) is 7.40. The third-order valence-electron chi connectivity index (χ3n) is 1.55. The summed E-state index contributed by atoms with van der Waals surface area (Å²) in [6, 6.07) is 0. The second-order valence-electron chi connectivity index (χ2n) is 2.64. The summed E-state index contributed by atoms with van der Waals surface area (Å²) in [6.45, 7) is 2.19. The molecular weight excluding hydrogens is 148 g/mol. The molecule has 0 bridgehead atoms. The molecule has 1 nitrogen and oxygen atoms in total. The van der Waals surface area contributed by atoms with E-state index in [0.29, 0.717) is 0 Å². The van der Waals surface area contributed by atoms with Crippen LogP contribution in [-0.2, 0) is 0 Å². The largest absolute Gasteiger partial charge is 0.378 e. The maximum Gasteiger partial charge on any atom is 0.128 e. The fourth-order valence-electron chi connectivity index (χ4n) is 0.916. The van der Waals surface area contributed by atoms with Crippen LogP contribution in [0.4, 0.5) is 0 Å². The lowest BCUT2D eigenvalue weighted by molar-refractivity contribution is 0.240. The van der Waals surface area contributed by atoms with Crippen LogP contribution in [-0.4, -0.2) is 10.7 Å². The van der Waals surface area contributed by atoms with Crippen LogP contribution in [0.3, 0.4) is 0 Å². The van der Waals surface area contributed by atoms with E-state index >= 15 is 0 Å². The molecule has 0 fully saturated rings. The molecule has 1 atom stereocenters. The Morgan fingerprint density at radius 1 is 1.20 bits per heavy atom. The van der Waals surface area contributed by atoms with Crippen molar-refractivity contribution >= 4 is 11.6 Å². The molecule has 0 rings (SSSR count). The predicted molar refractivity (Wildman–Crippen MR) is 45.2 cm³/mol. The second-order valence-corrected chi connectivity index (χ2v) is 3.14. The Morgan fingerprint density at radius 3 is 2.30 bits per heavy atom. The highest BCUT2D eigenvalue weighted by atomic mass is 35.5. The Hall–Kier alpha value is 0.250. The van der Waals surface area contributed by atoms with Gasteiger partial charge in [-0.25, -0.2) is 0 Å². The molecule has 0 aliphatic rings. The maximum absolute atomic E-state index is 8.67. The first-order valence-corrected chi connectivity index (χ1v) is 4.53. The van der Waals surface area contributed by atoms with E-state index in [9.17, 15) is 0 Å². The van der Waals surface area contributed by atoms with E-state index in [2.05, 4.69) is 6.92 Å². The maximum atomic E-state index is 8.67. The average molecular weight is 165 g/mol. The smallest absolute Gasteiger partial charge is 0.128 e. The SMILES string of the molecule is CCCCCCC[C@H](O)Cl. The van der Waals surface area contributed by atoms with E-state index in [-0.39, 0.29) is 0 Å². The lowest BCUT2D eigenvalue weighted by Crippen LogP contribution is -1.94. The van der Waals surface area contributed by atoms with Gasteiger partial charge in [-0.1, -0.05) is 44.2 Å². The van der Waals surface area contributed by atoms with Crippen molar-refractivity contribution in [3.05, 3.63) is 0 Å². The fourth-order valence-corrected chi connectivity index (χ4v) is 1.07. The molecule has 0 aromatic rings. The standard InChI is InChI=1S/C8H17ClO/c1-2-3-4-5-6-7-8(9)10/h8,10H,2-7H2,1H3/t8-/m0/s1. The summed E-state index contributed by atoms with van der Waals surface area (Å²) < 4.78 is 0. The van der Waals surface area contributed by atoms with Crippen molar-refractivity contribution in [3.8, 4) is 0 Å². The van der Waals surface area contributed by atoms with Crippen molar-refractivity contribution < 1.29 is 5.11 Å². The van der Waals surface area contributed by atoms with Crippen LogP contribution in [0.5, 0.6) is 0 Å². The first-order chi connectivity index (χ1) is 4.77. The average Bonchev–Trinajstić information content (AvgIpc) is 1.87. The Balaban J connectivity index is 2.77. The molecule has 62 valence electrons. The third kappa shape index (κ3) is 8.25. The van der Waals surface area contributed by atoms with E-state index in [1.807, 2.05) is 0 Å². The van der Waals surface area contributed by atoms with E-state index in [0.717, 1.165) is 12.8 Å². The first-order valence-electron chi connectivity index (χ1n) is 4.09. The van der Waals surface area contributed by atoms with Crippen LogP contribution in [0.15, 0.2) is 0 Å². The number of hydrogen-bond donors (Lipinski definition) is 1. The van der Waals surface area contributed by atoms with Crippen LogP contribution >= 0.6 is 11.6 Å². The zero-order valence-electron chi connectivity index (χ0n) is 6.65. The monoisotopic (exact) mass is 164 g/mol. The van der Waals surface area contributed by atoms with Gasteiger partial charge in [-0.3, -0.25) is 0 Å². The highest BCUT2D eigenvalue weighted by Gasteiger charge is 1.95. The molecule has 1 N–H and O–H groups in total. The van der Waals surface area contributed by atoms with Gasteiger partial charge in [-0.2, -0.15) is 0 Å². The molecule has 0 saturated heterocycles. The van der Waals surface area contributed by atoms with Gasteiger partial charge >= 0.3 is 0 Å². The Bertz CT molecular complexity index is 64.3. The van der Waals surface area contributed by atoms with Gasteiger partial charge in [0, 0.05) is 0 Å². The molecule has 0 saturated carbocycles. The van der Waals surface area contributed by atoms with Crippen molar-refractivity contribution in [1.82, 2.24) is 0 Å². The van der Waals surface area contributed by atoms with Crippen molar-refractivity contribution in [2.24, 2.45) is 0 Å². The number of aliphatic hydroxyl groups excluding tert-OH is 1. The highest BCUT2D eigenvalue weighted by Crippen LogP contribution is 2.08. The molecule has 0 heterocycles. The molecule has 0 radical (unpaired) electrons. The normalized spacial score (nSPS) is 13.5. The van der Waals surface area contributed by atoms with Gasteiger partial charge in [0.15, 0.2) is 0 Å². The van der Waals surface area contributed by atoms with Crippen LogP contribution in [0, 0.1) is 0 Å². The second kappa shape index (κ2) is 7.36. The predicted octanol–water partition coefficient (Wildman–Crippen LogP) is 2.90. The summed E-state index contributed by atoms with van der Waals surface area (Å²) in [7, 11) is 0. The lowest BCUT2D eigenvalue weighted by Gasteiger charge is -2.00. The minimum absolute atomic E-state index is 0.623. The topological polar surface area (TPSA) is 20.2 Å². The van der Waals surface area contributed by atoms with Crippen LogP contribution < -0.4 is 0 Å². The van der Waals surface area contributed by atoms with Gasteiger partial charge < -0.3 is 5.11 Å². The van der Waals surface area contributed by atoms with Gasteiger partial charge in [0.2, 0.25) is 0 Å². The molecule has 0 unspecified atom stereocenters. The first kappa shape index (κ1) is 10.2. The number of halogens is 1. The molecule has 0 spiro atoms. The summed E-state index contributed by atoms with van der Waals surface area (Å²) in [4.78, 5) is 0. The van der Waals surface area contributed by atoms with Crippen LogP contribution in [0.2, 0.25) is 0 Å². The van der Waals surface area contributed by atoms with Crippen molar-refractivity contribution in [2.75, 3.05) is 0 Å². The number of hydrogen-bond acceptors (Lipinski definition) is 1. The van der Waals surface area contributed by atoms with E-state index in [4.69, 9.17) is 16.7 Å². The molecular formula is C8H17ClO.